The molecule has 1 N–H and O–H groups in total. The molecule has 100 valence electrons. The first-order valence-corrected chi connectivity index (χ1v) is 6.45. The zero-order valence-corrected chi connectivity index (χ0v) is 11.3. The molecule has 1 heterocycles. The Morgan fingerprint density at radius 3 is 2.82 bits per heavy atom. The summed E-state index contributed by atoms with van der Waals surface area (Å²) in [6.07, 6.45) is 3.57. The molecule has 1 aliphatic rings. The summed E-state index contributed by atoms with van der Waals surface area (Å²) in [5.41, 5.74) is -0.216. The number of carbonyl (C=O) groups is 1. The summed E-state index contributed by atoms with van der Waals surface area (Å²) in [6, 6.07) is 0. The van der Waals surface area contributed by atoms with Crippen molar-refractivity contribution in [3.05, 3.63) is 0 Å². The Morgan fingerprint density at radius 1 is 1.47 bits per heavy atom. The Morgan fingerprint density at radius 2 is 2.24 bits per heavy atom. The molecule has 0 bridgehead atoms. The maximum absolute atomic E-state index is 11.6. The Hall–Kier alpha value is -0.610. The van der Waals surface area contributed by atoms with Crippen molar-refractivity contribution in [2.45, 2.75) is 45.1 Å². The van der Waals surface area contributed by atoms with Gasteiger partial charge in [-0.25, -0.2) is 0 Å². The molecule has 1 atom stereocenters. The number of hydrogen-bond acceptors (Lipinski definition) is 4. The van der Waals surface area contributed by atoms with Crippen LogP contribution >= 0.6 is 0 Å². The predicted molar refractivity (Wildman–Crippen MR) is 66.9 cm³/mol. The molecule has 1 unspecified atom stereocenters. The molecule has 0 aromatic rings. The fourth-order valence-corrected chi connectivity index (χ4v) is 1.91. The highest BCUT2D eigenvalue weighted by Gasteiger charge is 2.19. The summed E-state index contributed by atoms with van der Waals surface area (Å²) in [4.78, 5) is 11.6. The van der Waals surface area contributed by atoms with Crippen molar-refractivity contribution in [3.8, 4) is 0 Å². The van der Waals surface area contributed by atoms with Gasteiger partial charge in [-0.05, 0) is 45.7 Å². The fraction of sp³-hybridized carbons (Fsp3) is 0.923. The third-order valence-electron chi connectivity index (χ3n) is 3.37. The van der Waals surface area contributed by atoms with E-state index in [1.165, 1.54) is 0 Å². The van der Waals surface area contributed by atoms with Gasteiger partial charge < -0.3 is 14.8 Å². The third-order valence-corrected chi connectivity index (χ3v) is 3.37. The lowest BCUT2D eigenvalue weighted by Gasteiger charge is -2.24. The minimum absolute atomic E-state index is 0.0781. The smallest absolute Gasteiger partial charge is 0.306 e. The molecule has 0 radical (unpaired) electrons. The van der Waals surface area contributed by atoms with Crippen molar-refractivity contribution >= 4 is 5.97 Å². The molecule has 0 aromatic carbocycles. The molecule has 4 heteroatoms. The molecule has 0 saturated carbocycles. The fourth-order valence-electron chi connectivity index (χ4n) is 1.91. The lowest BCUT2D eigenvalue weighted by molar-refractivity contribution is -0.146. The highest BCUT2D eigenvalue weighted by molar-refractivity contribution is 5.69. The summed E-state index contributed by atoms with van der Waals surface area (Å²) in [7, 11) is 1.68. The third kappa shape index (κ3) is 6.03. The molecule has 1 aliphatic heterocycles. The van der Waals surface area contributed by atoms with Crippen LogP contribution in [0.4, 0.5) is 0 Å². The van der Waals surface area contributed by atoms with Gasteiger partial charge in [0, 0.05) is 20.0 Å². The average molecular weight is 243 g/mol. The molecule has 17 heavy (non-hydrogen) atoms. The molecular formula is C13H25NO3. The molecule has 1 rings (SSSR count). The van der Waals surface area contributed by atoms with E-state index in [1.54, 1.807) is 7.11 Å². The number of ether oxygens (including phenoxy) is 2. The summed E-state index contributed by atoms with van der Waals surface area (Å²) >= 11 is 0. The SMILES string of the molecule is COC(C)(C)CCOC(=O)CC1CCCNC1. The molecular weight excluding hydrogens is 218 g/mol. The van der Waals surface area contributed by atoms with E-state index in [-0.39, 0.29) is 11.6 Å². The topological polar surface area (TPSA) is 47.6 Å². The van der Waals surface area contributed by atoms with E-state index in [0.29, 0.717) is 18.9 Å². The number of nitrogens with one attached hydrogen (secondary N) is 1. The lowest BCUT2D eigenvalue weighted by Crippen LogP contribution is -2.31. The summed E-state index contributed by atoms with van der Waals surface area (Å²) in [6.45, 7) is 6.45. The number of carbonyl (C=O) groups excluding carboxylic acids is 1. The molecule has 0 aliphatic carbocycles. The van der Waals surface area contributed by atoms with Gasteiger partial charge in [0.15, 0.2) is 0 Å². The quantitative estimate of drug-likeness (QED) is 0.722. The van der Waals surface area contributed by atoms with E-state index < -0.39 is 0 Å². The van der Waals surface area contributed by atoms with Gasteiger partial charge in [0.25, 0.3) is 0 Å². The number of methoxy groups -OCH3 is 1. The highest BCUT2D eigenvalue weighted by atomic mass is 16.5. The van der Waals surface area contributed by atoms with E-state index in [0.717, 1.165) is 32.4 Å². The zero-order chi connectivity index (χ0) is 12.7. The lowest BCUT2D eigenvalue weighted by atomic mass is 9.96. The summed E-state index contributed by atoms with van der Waals surface area (Å²) in [5, 5.41) is 3.30. The molecule has 1 fully saturated rings. The van der Waals surface area contributed by atoms with Crippen LogP contribution < -0.4 is 5.32 Å². The minimum Gasteiger partial charge on any atom is -0.466 e. The van der Waals surface area contributed by atoms with Crippen LogP contribution in [-0.2, 0) is 14.3 Å². The number of hydrogen-bond donors (Lipinski definition) is 1. The highest BCUT2D eigenvalue weighted by Crippen LogP contribution is 2.16. The van der Waals surface area contributed by atoms with Gasteiger partial charge in [-0.3, -0.25) is 4.79 Å². The van der Waals surface area contributed by atoms with Crippen molar-refractivity contribution < 1.29 is 14.3 Å². The van der Waals surface area contributed by atoms with Crippen molar-refractivity contribution in [1.29, 1.82) is 0 Å². The van der Waals surface area contributed by atoms with Gasteiger partial charge in [-0.15, -0.1) is 0 Å². The second-order valence-electron chi connectivity index (χ2n) is 5.35. The predicted octanol–water partition coefficient (Wildman–Crippen LogP) is 1.73. The van der Waals surface area contributed by atoms with Gasteiger partial charge in [0.2, 0.25) is 0 Å². The zero-order valence-electron chi connectivity index (χ0n) is 11.3. The first kappa shape index (κ1) is 14.5. The largest absolute Gasteiger partial charge is 0.466 e. The van der Waals surface area contributed by atoms with E-state index in [4.69, 9.17) is 9.47 Å². The van der Waals surface area contributed by atoms with Crippen LogP contribution in [0.2, 0.25) is 0 Å². The molecule has 0 amide bonds. The normalized spacial score (nSPS) is 21.2. The standard InChI is InChI=1S/C13H25NO3/c1-13(2,16-3)6-8-17-12(15)9-11-5-4-7-14-10-11/h11,14H,4-10H2,1-3H3. The number of rotatable bonds is 6. The van der Waals surface area contributed by atoms with Crippen LogP contribution in [0.3, 0.4) is 0 Å². The number of esters is 1. The van der Waals surface area contributed by atoms with Gasteiger partial charge in [-0.2, -0.15) is 0 Å². The van der Waals surface area contributed by atoms with E-state index in [2.05, 4.69) is 5.32 Å². The van der Waals surface area contributed by atoms with Crippen molar-refractivity contribution in [3.63, 3.8) is 0 Å². The summed E-state index contributed by atoms with van der Waals surface area (Å²) < 4.78 is 10.5. The van der Waals surface area contributed by atoms with Gasteiger partial charge in [0.05, 0.1) is 12.2 Å². The van der Waals surface area contributed by atoms with E-state index in [1.807, 2.05) is 13.8 Å². The van der Waals surface area contributed by atoms with Gasteiger partial charge in [0.1, 0.15) is 0 Å². The van der Waals surface area contributed by atoms with Crippen LogP contribution in [0.15, 0.2) is 0 Å². The molecule has 4 nitrogen and oxygen atoms in total. The van der Waals surface area contributed by atoms with Crippen LogP contribution in [0.25, 0.3) is 0 Å². The molecule has 0 aromatic heterocycles. The Labute approximate surface area is 104 Å². The Bertz CT molecular complexity index is 235. The van der Waals surface area contributed by atoms with Crippen LogP contribution in [0.5, 0.6) is 0 Å². The maximum atomic E-state index is 11.6. The second kappa shape index (κ2) is 6.97. The number of piperidine rings is 1. The van der Waals surface area contributed by atoms with Crippen molar-refractivity contribution in [2.75, 3.05) is 26.8 Å². The maximum Gasteiger partial charge on any atom is 0.306 e. The van der Waals surface area contributed by atoms with Gasteiger partial charge >= 0.3 is 5.97 Å². The monoisotopic (exact) mass is 243 g/mol. The van der Waals surface area contributed by atoms with Crippen LogP contribution in [0.1, 0.15) is 39.5 Å². The summed E-state index contributed by atoms with van der Waals surface area (Å²) in [5.74, 6) is 0.372. The Kier molecular flexibility index (Phi) is 5.92. The first-order chi connectivity index (χ1) is 8.03. The average Bonchev–Trinajstić information content (AvgIpc) is 2.30. The minimum atomic E-state index is -0.216. The molecule has 0 spiro atoms. The van der Waals surface area contributed by atoms with Gasteiger partial charge in [-0.1, -0.05) is 0 Å². The molecule has 1 saturated heterocycles. The van der Waals surface area contributed by atoms with Crippen molar-refractivity contribution in [1.82, 2.24) is 5.32 Å². The van der Waals surface area contributed by atoms with Crippen LogP contribution in [0, 0.1) is 5.92 Å². The second-order valence-corrected chi connectivity index (χ2v) is 5.35. The first-order valence-electron chi connectivity index (χ1n) is 6.45. The van der Waals surface area contributed by atoms with E-state index >= 15 is 0 Å². The van der Waals surface area contributed by atoms with Crippen molar-refractivity contribution in [2.24, 2.45) is 5.92 Å². The van der Waals surface area contributed by atoms with E-state index in [9.17, 15) is 4.79 Å². The van der Waals surface area contributed by atoms with Crippen LogP contribution in [-0.4, -0.2) is 38.4 Å². The Balaban J connectivity index is 2.12.